The zero-order valence-electron chi connectivity index (χ0n) is 15.2. The zero-order chi connectivity index (χ0) is 21.0. The number of aliphatic imine (C=N–C) groups is 1. The summed E-state index contributed by atoms with van der Waals surface area (Å²) in [6.45, 7) is 0.138. The standard InChI is InChI=1S/C20H15ClF2N2O3S/c1-28-18(26)11-17-19(27)25(9-8-12-4-2-3-5-15(12)22)20(29-17)24-13-6-7-16(23)14(21)10-13/h2-7,10-11H,8-9H2,1H3. The molecule has 9 heteroatoms. The molecular weight excluding hydrogens is 422 g/mol. The zero-order valence-corrected chi connectivity index (χ0v) is 16.8. The van der Waals surface area contributed by atoms with E-state index in [0.717, 1.165) is 23.9 Å². The van der Waals surface area contributed by atoms with Crippen LogP contribution in [-0.2, 0) is 20.7 Å². The Bertz CT molecular complexity index is 1030. The number of carbonyl (C=O) groups excluding carboxylic acids is 2. The summed E-state index contributed by atoms with van der Waals surface area (Å²) in [5.41, 5.74) is 0.779. The second kappa shape index (κ2) is 9.19. The summed E-state index contributed by atoms with van der Waals surface area (Å²) >= 11 is 6.76. The third kappa shape index (κ3) is 5.02. The Morgan fingerprint density at radius 2 is 2.00 bits per heavy atom. The molecule has 0 saturated carbocycles. The van der Waals surface area contributed by atoms with Crippen LogP contribution in [0.5, 0.6) is 0 Å². The molecule has 0 aliphatic carbocycles. The molecule has 0 spiro atoms. The van der Waals surface area contributed by atoms with Gasteiger partial charge in [0, 0.05) is 12.6 Å². The predicted octanol–water partition coefficient (Wildman–Crippen LogP) is 4.48. The number of thioether (sulfide) groups is 1. The smallest absolute Gasteiger partial charge is 0.331 e. The Morgan fingerprint density at radius 1 is 1.24 bits per heavy atom. The normalized spacial score (nSPS) is 16.7. The summed E-state index contributed by atoms with van der Waals surface area (Å²) in [7, 11) is 1.20. The van der Waals surface area contributed by atoms with E-state index in [9.17, 15) is 18.4 Å². The van der Waals surface area contributed by atoms with Crippen molar-refractivity contribution in [1.29, 1.82) is 0 Å². The molecule has 0 radical (unpaired) electrons. The van der Waals surface area contributed by atoms with Gasteiger partial charge < -0.3 is 4.74 Å². The van der Waals surface area contributed by atoms with E-state index < -0.39 is 17.7 Å². The van der Waals surface area contributed by atoms with Crippen LogP contribution in [0.15, 0.2) is 58.4 Å². The third-order valence-corrected chi connectivity index (χ3v) is 5.33. The van der Waals surface area contributed by atoms with Gasteiger partial charge in [0.1, 0.15) is 11.6 Å². The molecule has 0 bridgehead atoms. The first-order chi connectivity index (χ1) is 13.9. The number of nitrogens with zero attached hydrogens (tertiary/aromatic N) is 2. The van der Waals surface area contributed by atoms with Crippen molar-refractivity contribution in [3.05, 3.63) is 75.7 Å². The molecule has 1 aliphatic rings. The average Bonchev–Trinajstić information content (AvgIpc) is 2.98. The van der Waals surface area contributed by atoms with Crippen LogP contribution in [0.1, 0.15) is 5.56 Å². The summed E-state index contributed by atoms with van der Waals surface area (Å²) in [6, 6.07) is 10.2. The molecule has 1 amide bonds. The van der Waals surface area contributed by atoms with Crippen molar-refractivity contribution in [3.63, 3.8) is 0 Å². The minimum atomic E-state index is -0.680. The van der Waals surface area contributed by atoms with Crippen molar-refractivity contribution < 1.29 is 23.1 Å². The van der Waals surface area contributed by atoms with Gasteiger partial charge in [0.05, 0.1) is 22.7 Å². The van der Waals surface area contributed by atoms with Crippen LogP contribution >= 0.6 is 23.4 Å². The van der Waals surface area contributed by atoms with Crippen molar-refractivity contribution in [1.82, 2.24) is 4.90 Å². The number of hydrogen-bond acceptors (Lipinski definition) is 5. The van der Waals surface area contributed by atoms with Crippen LogP contribution in [0.3, 0.4) is 0 Å². The van der Waals surface area contributed by atoms with Crippen LogP contribution in [-0.4, -0.2) is 35.6 Å². The number of amides is 1. The molecule has 2 aromatic carbocycles. The van der Waals surface area contributed by atoms with E-state index in [1.54, 1.807) is 18.2 Å². The fourth-order valence-electron chi connectivity index (χ4n) is 2.55. The number of esters is 1. The molecule has 0 N–H and O–H groups in total. The van der Waals surface area contributed by atoms with E-state index in [1.807, 2.05) is 0 Å². The van der Waals surface area contributed by atoms with Gasteiger partial charge in [-0.2, -0.15) is 0 Å². The molecule has 0 unspecified atom stereocenters. The lowest BCUT2D eigenvalue weighted by molar-refractivity contribution is -0.135. The largest absolute Gasteiger partial charge is 0.466 e. The Labute approximate surface area is 175 Å². The van der Waals surface area contributed by atoms with Gasteiger partial charge in [0.15, 0.2) is 5.17 Å². The number of carbonyl (C=O) groups is 2. The Kier molecular flexibility index (Phi) is 6.66. The van der Waals surface area contributed by atoms with E-state index >= 15 is 0 Å². The number of benzene rings is 2. The molecule has 1 fully saturated rings. The minimum absolute atomic E-state index is 0.107. The van der Waals surface area contributed by atoms with Gasteiger partial charge >= 0.3 is 5.97 Å². The fourth-order valence-corrected chi connectivity index (χ4v) is 3.71. The first-order valence-electron chi connectivity index (χ1n) is 8.45. The van der Waals surface area contributed by atoms with E-state index in [0.29, 0.717) is 11.3 Å². The first kappa shape index (κ1) is 21.0. The van der Waals surface area contributed by atoms with Crippen LogP contribution in [0, 0.1) is 11.6 Å². The predicted molar refractivity (Wildman–Crippen MR) is 108 cm³/mol. The number of amidine groups is 1. The van der Waals surface area contributed by atoms with Gasteiger partial charge in [0.2, 0.25) is 0 Å². The molecule has 2 aromatic rings. The van der Waals surface area contributed by atoms with Crippen molar-refractivity contribution in [3.8, 4) is 0 Å². The number of hydrogen-bond donors (Lipinski definition) is 0. The number of ether oxygens (including phenoxy) is 1. The van der Waals surface area contributed by atoms with Crippen LogP contribution in [0.2, 0.25) is 5.02 Å². The SMILES string of the molecule is COC(=O)C=C1SC(=Nc2ccc(F)c(Cl)c2)N(CCc2ccccc2F)C1=O. The molecule has 1 aliphatic heterocycles. The number of rotatable bonds is 5. The molecule has 0 aromatic heterocycles. The second-order valence-electron chi connectivity index (χ2n) is 5.92. The van der Waals surface area contributed by atoms with Crippen molar-refractivity contribution >= 4 is 46.1 Å². The molecule has 3 rings (SSSR count). The Balaban J connectivity index is 1.91. The highest BCUT2D eigenvalue weighted by atomic mass is 35.5. The molecule has 0 atom stereocenters. The van der Waals surface area contributed by atoms with Crippen LogP contribution in [0.25, 0.3) is 0 Å². The summed E-state index contributed by atoms with van der Waals surface area (Å²) < 4.78 is 31.9. The van der Waals surface area contributed by atoms with Gasteiger partial charge in [-0.1, -0.05) is 29.8 Å². The lowest BCUT2D eigenvalue weighted by atomic mass is 10.1. The lowest BCUT2D eigenvalue weighted by Crippen LogP contribution is -2.31. The minimum Gasteiger partial charge on any atom is -0.466 e. The van der Waals surface area contributed by atoms with Crippen molar-refractivity contribution in [2.75, 3.05) is 13.7 Å². The van der Waals surface area contributed by atoms with Crippen molar-refractivity contribution in [2.24, 2.45) is 4.99 Å². The summed E-state index contributed by atoms with van der Waals surface area (Å²) in [6.07, 6.45) is 1.32. The summed E-state index contributed by atoms with van der Waals surface area (Å²) in [5.74, 6) is -2.10. The maximum absolute atomic E-state index is 13.9. The topological polar surface area (TPSA) is 59.0 Å². The van der Waals surface area contributed by atoms with Gasteiger partial charge in [-0.05, 0) is 48.0 Å². The second-order valence-corrected chi connectivity index (χ2v) is 7.34. The maximum atomic E-state index is 13.9. The number of methoxy groups -OCH3 is 1. The summed E-state index contributed by atoms with van der Waals surface area (Å²) in [5, 5.41) is 0.161. The quantitative estimate of drug-likeness (QED) is 0.512. The molecule has 29 heavy (non-hydrogen) atoms. The molecule has 5 nitrogen and oxygen atoms in total. The molecular formula is C20H15ClF2N2O3S. The van der Waals surface area contributed by atoms with E-state index in [2.05, 4.69) is 9.73 Å². The lowest BCUT2D eigenvalue weighted by Gasteiger charge is -2.16. The Morgan fingerprint density at radius 3 is 2.69 bits per heavy atom. The fraction of sp³-hybridized carbons (Fsp3) is 0.150. The Hall–Kier alpha value is -2.71. The van der Waals surface area contributed by atoms with Gasteiger partial charge in [-0.15, -0.1) is 0 Å². The van der Waals surface area contributed by atoms with Crippen molar-refractivity contribution in [2.45, 2.75) is 6.42 Å². The molecule has 150 valence electrons. The van der Waals surface area contributed by atoms with E-state index in [4.69, 9.17) is 11.6 Å². The maximum Gasteiger partial charge on any atom is 0.331 e. The average molecular weight is 437 g/mol. The van der Waals surface area contributed by atoms with Gasteiger partial charge in [-0.25, -0.2) is 18.6 Å². The monoisotopic (exact) mass is 436 g/mol. The van der Waals surface area contributed by atoms with Crippen LogP contribution in [0.4, 0.5) is 14.5 Å². The highest BCUT2D eigenvalue weighted by Gasteiger charge is 2.34. The highest BCUT2D eigenvalue weighted by Crippen LogP contribution is 2.33. The first-order valence-corrected chi connectivity index (χ1v) is 9.65. The van der Waals surface area contributed by atoms with Gasteiger partial charge in [-0.3, -0.25) is 9.69 Å². The van der Waals surface area contributed by atoms with Crippen LogP contribution < -0.4 is 0 Å². The third-order valence-electron chi connectivity index (χ3n) is 4.03. The van der Waals surface area contributed by atoms with Gasteiger partial charge in [0.25, 0.3) is 5.91 Å². The van der Waals surface area contributed by atoms with E-state index in [1.165, 1.54) is 30.2 Å². The number of halogens is 3. The summed E-state index contributed by atoms with van der Waals surface area (Å²) in [4.78, 5) is 30.1. The van der Waals surface area contributed by atoms with E-state index in [-0.39, 0.29) is 33.9 Å². The molecule has 1 saturated heterocycles. The molecule has 1 heterocycles. The highest BCUT2D eigenvalue weighted by molar-refractivity contribution is 8.18.